The van der Waals surface area contributed by atoms with E-state index in [-0.39, 0.29) is 29.8 Å². The maximum absolute atomic E-state index is 14.4. The van der Waals surface area contributed by atoms with Crippen molar-refractivity contribution in [1.82, 2.24) is 10.2 Å². The van der Waals surface area contributed by atoms with Crippen LogP contribution in [-0.2, 0) is 19.1 Å². The molecule has 2 aliphatic carbocycles. The number of amides is 3. The van der Waals surface area contributed by atoms with Crippen molar-refractivity contribution in [2.75, 3.05) is 12.4 Å². The summed E-state index contributed by atoms with van der Waals surface area (Å²) in [5.74, 6) is -1.27. The Morgan fingerprint density at radius 3 is 2.41 bits per heavy atom. The quantitative estimate of drug-likeness (QED) is 0.528. The van der Waals surface area contributed by atoms with Crippen molar-refractivity contribution < 1.29 is 23.9 Å². The molecule has 8 nitrogen and oxygen atoms in total. The highest BCUT2D eigenvalue weighted by Crippen LogP contribution is 2.56. The van der Waals surface area contributed by atoms with Crippen LogP contribution in [0.4, 0.5) is 5.69 Å². The summed E-state index contributed by atoms with van der Waals surface area (Å²) < 4.78 is 11.9. The Morgan fingerprint density at radius 1 is 0.974 bits per heavy atom. The molecule has 2 bridgehead atoms. The monoisotopic (exact) mass is 535 g/mol. The average molecular weight is 536 g/mol. The standard InChI is InChI=1S/C31H41N3O5/c1-38-23-16-10-13-21(19-23)33-28(35)25-24-17-18-31(39-24)26(25)30(37)34(22-14-8-3-2-4-9-15-22)27(31)29(36)32-20-11-6-5-7-12-20/h10,13,16-20,22,24-27H,2-9,11-12,14-15H2,1H3,(H,32,36)(H,33,35)/t24-,25+,26-,27+,31-/m1/s1. The number of nitrogens with one attached hydrogen (secondary N) is 2. The Kier molecular flexibility index (Phi) is 7.40. The summed E-state index contributed by atoms with van der Waals surface area (Å²) in [5, 5.41) is 6.30. The topological polar surface area (TPSA) is 97.0 Å². The van der Waals surface area contributed by atoms with Gasteiger partial charge in [0.15, 0.2) is 0 Å². The lowest BCUT2D eigenvalue weighted by Gasteiger charge is -2.38. The number of carbonyl (C=O) groups excluding carboxylic acids is 3. The minimum atomic E-state index is -1.11. The third-order valence-electron chi connectivity index (χ3n) is 9.62. The van der Waals surface area contributed by atoms with Gasteiger partial charge in [-0.3, -0.25) is 14.4 Å². The van der Waals surface area contributed by atoms with Crippen LogP contribution in [0.1, 0.15) is 77.0 Å². The molecular weight excluding hydrogens is 494 g/mol. The molecule has 3 aliphatic heterocycles. The SMILES string of the molecule is COc1cccc(NC(=O)[C@H]2[C@H]3C=C[C@]4(O3)[C@H](C(=O)NC3CCCCC3)N(C3CCCCCCC3)C(=O)[C@@H]24)c1. The Balaban J connectivity index is 1.31. The van der Waals surface area contributed by atoms with Crippen LogP contribution < -0.4 is 15.4 Å². The van der Waals surface area contributed by atoms with Gasteiger partial charge in [-0.1, -0.05) is 69.6 Å². The van der Waals surface area contributed by atoms with Crippen molar-refractivity contribution in [2.24, 2.45) is 11.8 Å². The zero-order chi connectivity index (χ0) is 27.0. The zero-order valence-corrected chi connectivity index (χ0v) is 22.9. The van der Waals surface area contributed by atoms with Crippen molar-refractivity contribution in [3.63, 3.8) is 0 Å². The number of carbonyl (C=O) groups is 3. The molecule has 210 valence electrons. The molecule has 5 atom stereocenters. The summed E-state index contributed by atoms with van der Waals surface area (Å²) in [6.07, 6.45) is 16.0. The summed E-state index contributed by atoms with van der Waals surface area (Å²) in [6, 6.07) is 6.56. The molecule has 1 spiro atoms. The first kappa shape index (κ1) is 26.4. The van der Waals surface area contributed by atoms with Gasteiger partial charge in [0.1, 0.15) is 17.4 Å². The van der Waals surface area contributed by atoms with Crippen LogP contribution in [0.15, 0.2) is 36.4 Å². The van der Waals surface area contributed by atoms with Crippen molar-refractivity contribution in [1.29, 1.82) is 0 Å². The average Bonchev–Trinajstić information content (AvgIpc) is 3.57. The third kappa shape index (κ3) is 4.75. The lowest BCUT2D eigenvalue weighted by atomic mass is 9.74. The van der Waals surface area contributed by atoms with Gasteiger partial charge in [-0.25, -0.2) is 0 Å². The summed E-state index contributed by atoms with van der Waals surface area (Å²) in [7, 11) is 1.58. The molecule has 8 heteroatoms. The van der Waals surface area contributed by atoms with Gasteiger partial charge in [-0.05, 0) is 37.8 Å². The number of likely N-dealkylation sites (tertiary alicyclic amines) is 1. The van der Waals surface area contributed by atoms with E-state index in [2.05, 4.69) is 10.6 Å². The van der Waals surface area contributed by atoms with Crippen LogP contribution in [0.3, 0.4) is 0 Å². The van der Waals surface area contributed by atoms with Gasteiger partial charge in [-0.2, -0.15) is 0 Å². The van der Waals surface area contributed by atoms with Crippen LogP contribution in [-0.4, -0.2) is 59.6 Å². The summed E-state index contributed by atoms with van der Waals surface area (Å²) >= 11 is 0. The summed E-state index contributed by atoms with van der Waals surface area (Å²) in [5.41, 5.74) is -0.506. The molecule has 39 heavy (non-hydrogen) atoms. The number of hydrogen-bond donors (Lipinski definition) is 2. The number of methoxy groups -OCH3 is 1. The van der Waals surface area contributed by atoms with Gasteiger partial charge in [0.2, 0.25) is 17.7 Å². The second kappa shape index (κ2) is 11.0. The highest BCUT2D eigenvalue weighted by Gasteiger charge is 2.73. The molecule has 3 amide bonds. The Morgan fingerprint density at radius 2 is 1.67 bits per heavy atom. The number of anilines is 1. The largest absolute Gasteiger partial charge is 0.497 e. The summed E-state index contributed by atoms with van der Waals surface area (Å²) in [6.45, 7) is 0. The van der Waals surface area contributed by atoms with Crippen molar-refractivity contribution in [3.05, 3.63) is 36.4 Å². The van der Waals surface area contributed by atoms with E-state index in [1.54, 1.807) is 19.2 Å². The Hall–Kier alpha value is -2.87. The Bertz CT molecular complexity index is 1120. The molecule has 5 aliphatic rings. The van der Waals surface area contributed by atoms with Crippen LogP contribution in [0.5, 0.6) is 5.75 Å². The highest BCUT2D eigenvalue weighted by atomic mass is 16.5. The minimum absolute atomic E-state index is 0.0157. The summed E-state index contributed by atoms with van der Waals surface area (Å²) in [4.78, 5) is 44.1. The normalized spacial score (nSPS) is 32.9. The molecule has 3 heterocycles. The van der Waals surface area contributed by atoms with E-state index in [1.165, 1.54) is 12.8 Å². The van der Waals surface area contributed by atoms with Crippen LogP contribution in [0.25, 0.3) is 0 Å². The first-order valence-electron chi connectivity index (χ1n) is 15.0. The van der Waals surface area contributed by atoms with Crippen LogP contribution in [0.2, 0.25) is 0 Å². The molecule has 2 saturated heterocycles. The first-order valence-corrected chi connectivity index (χ1v) is 15.0. The lowest BCUT2D eigenvalue weighted by molar-refractivity contribution is -0.144. The van der Waals surface area contributed by atoms with E-state index in [9.17, 15) is 14.4 Å². The fourth-order valence-corrected chi connectivity index (χ4v) is 7.77. The van der Waals surface area contributed by atoms with Gasteiger partial charge < -0.3 is 25.0 Å². The molecule has 1 aromatic rings. The third-order valence-corrected chi connectivity index (χ3v) is 9.62. The highest BCUT2D eigenvalue weighted by molar-refractivity contribution is 6.03. The van der Waals surface area contributed by atoms with Gasteiger partial charge in [-0.15, -0.1) is 0 Å². The number of ether oxygens (including phenoxy) is 2. The number of rotatable bonds is 6. The predicted octanol–water partition coefficient (Wildman–Crippen LogP) is 4.35. The van der Waals surface area contributed by atoms with Gasteiger partial charge in [0.05, 0.1) is 25.0 Å². The van der Waals surface area contributed by atoms with Crippen LogP contribution in [0, 0.1) is 11.8 Å². The molecule has 0 unspecified atom stereocenters. The van der Waals surface area contributed by atoms with E-state index >= 15 is 0 Å². The van der Waals surface area contributed by atoms with Crippen molar-refractivity contribution in [3.8, 4) is 5.75 Å². The predicted molar refractivity (Wildman–Crippen MR) is 147 cm³/mol. The first-order chi connectivity index (χ1) is 19.0. The van der Waals surface area contributed by atoms with Gasteiger partial charge in [0.25, 0.3) is 0 Å². The fourth-order valence-electron chi connectivity index (χ4n) is 7.77. The van der Waals surface area contributed by atoms with Crippen molar-refractivity contribution in [2.45, 2.75) is 107 Å². The molecule has 1 aromatic carbocycles. The fraction of sp³-hybridized carbons (Fsp3) is 0.645. The van der Waals surface area contributed by atoms with E-state index in [4.69, 9.17) is 9.47 Å². The van der Waals surface area contributed by atoms with E-state index < -0.39 is 29.6 Å². The molecule has 0 aromatic heterocycles. The number of benzene rings is 1. The smallest absolute Gasteiger partial charge is 0.246 e. The number of nitrogens with zero attached hydrogens (tertiary/aromatic N) is 1. The lowest BCUT2D eigenvalue weighted by Crippen LogP contribution is -2.58. The number of fused-ring (bicyclic) bond motifs is 1. The second-order valence-electron chi connectivity index (χ2n) is 12.0. The molecule has 2 saturated carbocycles. The van der Waals surface area contributed by atoms with Gasteiger partial charge >= 0.3 is 0 Å². The molecule has 6 rings (SSSR count). The molecule has 4 fully saturated rings. The maximum Gasteiger partial charge on any atom is 0.246 e. The van der Waals surface area contributed by atoms with E-state index in [1.807, 2.05) is 29.2 Å². The van der Waals surface area contributed by atoms with Crippen LogP contribution >= 0.6 is 0 Å². The Labute approximate surface area is 230 Å². The van der Waals surface area contributed by atoms with Gasteiger partial charge in [0, 0.05) is 23.8 Å². The zero-order valence-electron chi connectivity index (χ0n) is 22.9. The molecular formula is C31H41N3O5. The number of hydrogen-bond acceptors (Lipinski definition) is 5. The molecule has 2 N–H and O–H groups in total. The second-order valence-corrected chi connectivity index (χ2v) is 12.0. The van der Waals surface area contributed by atoms with E-state index in [0.717, 1.165) is 64.2 Å². The molecule has 0 radical (unpaired) electrons. The minimum Gasteiger partial charge on any atom is -0.497 e. The van der Waals surface area contributed by atoms with Crippen molar-refractivity contribution >= 4 is 23.4 Å². The maximum atomic E-state index is 14.4. The van der Waals surface area contributed by atoms with E-state index in [0.29, 0.717) is 11.4 Å².